The number of hydrogen-bond donors (Lipinski definition) is 1. The van der Waals surface area contributed by atoms with Crippen molar-refractivity contribution in [3.63, 3.8) is 0 Å². The van der Waals surface area contributed by atoms with Gasteiger partial charge in [-0.2, -0.15) is 13.2 Å². The molecule has 20 heavy (non-hydrogen) atoms. The Morgan fingerprint density at radius 3 is 2.30 bits per heavy atom. The molecule has 0 aromatic heterocycles. The molecule has 0 heterocycles. The van der Waals surface area contributed by atoms with Crippen LogP contribution in [0.4, 0.5) is 13.2 Å². The average molecular weight is 350 g/mol. The van der Waals surface area contributed by atoms with Crippen molar-refractivity contribution in [2.24, 2.45) is 0 Å². The van der Waals surface area contributed by atoms with Crippen LogP contribution in [0, 0.1) is 0 Å². The molecule has 110 valence electrons. The minimum absolute atomic E-state index is 0.0318. The maximum Gasteiger partial charge on any atom is 0.416 e. The summed E-state index contributed by atoms with van der Waals surface area (Å²) in [6.07, 6.45) is -1.08. The van der Waals surface area contributed by atoms with Crippen molar-refractivity contribution in [3.8, 4) is 0 Å². The van der Waals surface area contributed by atoms with Gasteiger partial charge in [-0.3, -0.25) is 4.79 Å². The van der Waals surface area contributed by atoms with Crippen LogP contribution in [0.3, 0.4) is 0 Å². The number of hydrogen-bond acceptors (Lipinski definition) is 1. The molecule has 0 unspecified atom stereocenters. The first-order valence-corrected chi connectivity index (χ1v) is 7.24. The van der Waals surface area contributed by atoms with Crippen LogP contribution in [0.2, 0.25) is 0 Å². The molecule has 0 radical (unpaired) electrons. The molecule has 0 saturated heterocycles. The van der Waals surface area contributed by atoms with E-state index in [0.29, 0.717) is 13.0 Å². The second-order valence-corrected chi connectivity index (χ2v) is 6.54. The maximum atomic E-state index is 12.4. The molecule has 0 aliphatic heterocycles. The third-order valence-corrected chi connectivity index (χ3v) is 4.69. The summed E-state index contributed by atoms with van der Waals surface area (Å²) < 4.78 is 36.8. The van der Waals surface area contributed by atoms with Gasteiger partial charge in [0, 0.05) is 6.54 Å². The van der Waals surface area contributed by atoms with E-state index in [1.54, 1.807) is 0 Å². The fourth-order valence-corrected chi connectivity index (χ4v) is 2.75. The van der Waals surface area contributed by atoms with Gasteiger partial charge in [0.25, 0.3) is 0 Å². The van der Waals surface area contributed by atoms with Crippen LogP contribution in [0.5, 0.6) is 0 Å². The van der Waals surface area contributed by atoms with Gasteiger partial charge in [-0.25, -0.2) is 0 Å². The molecular weight excluding hydrogens is 335 g/mol. The number of amides is 1. The molecular formula is C14H15BrF3NO. The number of halogens is 4. The number of carbonyl (C=O) groups is 1. The molecule has 0 spiro atoms. The van der Waals surface area contributed by atoms with E-state index >= 15 is 0 Å². The molecule has 0 atom stereocenters. The third kappa shape index (κ3) is 3.53. The first-order chi connectivity index (χ1) is 9.31. The highest BCUT2D eigenvalue weighted by atomic mass is 79.9. The first kappa shape index (κ1) is 15.4. The number of carbonyl (C=O) groups excluding carboxylic acids is 1. The molecule has 1 saturated carbocycles. The van der Waals surface area contributed by atoms with Gasteiger partial charge in [-0.15, -0.1) is 0 Å². The van der Waals surface area contributed by atoms with Gasteiger partial charge in [0.2, 0.25) is 5.91 Å². The third-order valence-electron chi connectivity index (χ3n) is 3.53. The largest absolute Gasteiger partial charge is 0.416 e. The van der Waals surface area contributed by atoms with E-state index in [1.807, 2.05) is 0 Å². The quantitative estimate of drug-likeness (QED) is 0.825. The van der Waals surface area contributed by atoms with E-state index < -0.39 is 16.1 Å². The fraction of sp³-hybridized carbons (Fsp3) is 0.500. The van der Waals surface area contributed by atoms with Gasteiger partial charge in [0.05, 0.1) is 5.56 Å². The molecule has 2 rings (SSSR count). The summed E-state index contributed by atoms with van der Waals surface area (Å²) in [5, 5.41) is 2.81. The molecule has 1 amide bonds. The Balaban J connectivity index is 1.81. The molecule has 1 aromatic carbocycles. The number of nitrogens with one attached hydrogen (secondary N) is 1. The van der Waals surface area contributed by atoms with Crippen molar-refractivity contribution in [2.45, 2.75) is 36.2 Å². The fourth-order valence-electron chi connectivity index (χ4n) is 2.05. The van der Waals surface area contributed by atoms with Crippen LogP contribution in [-0.2, 0) is 17.4 Å². The summed E-state index contributed by atoms with van der Waals surface area (Å²) in [6.45, 7) is 0.428. The lowest BCUT2D eigenvalue weighted by Crippen LogP contribution is -2.47. The van der Waals surface area contributed by atoms with Gasteiger partial charge in [0.1, 0.15) is 4.32 Å². The molecule has 6 heteroatoms. The molecule has 1 fully saturated rings. The van der Waals surface area contributed by atoms with Gasteiger partial charge in [-0.1, -0.05) is 28.1 Å². The first-order valence-electron chi connectivity index (χ1n) is 6.45. The van der Waals surface area contributed by atoms with E-state index in [2.05, 4.69) is 21.2 Å². The van der Waals surface area contributed by atoms with E-state index in [9.17, 15) is 18.0 Å². The Morgan fingerprint density at radius 1 is 1.25 bits per heavy atom. The van der Waals surface area contributed by atoms with Crippen LogP contribution >= 0.6 is 15.9 Å². The van der Waals surface area contributed by atoms with Crippen molar-refractivity contribution in [1.82, 2.24) is 5.32 Å². The van der Waals surface area contributed by atoms with E-state index in [-0.39, 0.29) is 5.91 Å². The second kappa shape index (κ2) is 5.76. The average Bonchev–Trinajstić information content (AvgIpc) is 2.35. The Hall–Kier alpha value is -1.04. The zero-order valence-corrected chi connectivity index (χ0v) is 12.4. The Morgan fingerprint density at radius 2 is 1.85 bits per heavy atom. The summed E-state index contributed by atoms with van der Waals surface area (Å²) in [6, 6.07) is 5.02. The molecule has 1 aromatic rings. The summed E-state index contributed by atoms with van der Waals surface area (Å²) in [5.74, 6) is -0.0318. The van der Waals surface area contributed by atoms with Crippen molar-refractivity contribution in [2.75, 3.05) is 6.54 Å². The van der Waals surface area contributed by atoms with E-state index in [0.717, 1.165) is 37.0 Å². The second-order valence-electron chi connectivity index (χ2n) is 5.02. The minimum atomic E-state index is -4.31. The Labute approximate surface area is 123 Å². The zero-order valence-electron chi connectivity index (χ0n) is 10.8. The highest BCUT2D eigenvalue weighted by Gasteiger charge is 2.41. The van der Waals surface area contributed by atoms with Gasteiger partial charge in [-0.05, 0) is 43.4 Å². The van der Waals surface area contributed by atoms with Gasteiger partial charge in [0.15, 0.2) is 0 Å². The minimum Gasteiger partial charge on any atom is -0.355 e. The standard InChI is InChI=1S/C14H15BrF3NO/c15-13(7-1-8-13)12(20)19-9-6-10-2-4-11(5-3-10)14(16,17)18/h2-5H,1,6-9H2,(H,19,20). The van der Waals surface area contributed by atoms with Crippen LogP contribution < -0.4 is 5.32 Å². The highest BCUT2D eigenvalue weighted by molar-refractivity contribution is 9.10. The summed E-state index contributed by atoms with van der Waals surface area (Å²) in [7, 11) is 0. The van der Waals surface area contributed by atoms with Crippen molar-refractivity contribution in [3.05, 3.63) is 35.4 Å². The summed E-state index contributed by atoms with van der Waals surface area (Å²) in [5.41, 5.74) is 0.120. The number of benzene rings is 1. The summed E-state index contributed by atoms with van der Waals surface area (Å²) in [4.78, 5) is 11.8. The topological polar surface area (TPSA) is 29.1 Å². The zero-order chi connectivity index (χ0) is 14.8. The van der Waals surface area contributed by atoms with Crippen molar-refractivity contribution < 1.29 is 18.0 Å². The lowest BCUT2D eigenvalue weighted by atomic mass is 9.84. The smallest absolute Gasteiger partial charge is 0.355 e. The van der Waals surface area contributed by atoms with E-state index in [1.165, 1.54) is 12.1 Å². The molecule has 1 N–H and O–H groups in total. The molecule has 2 nitrogen and oxygen atoms in total. The lowest BCUT2D eigenvalue weighted by molar-refractivity contribution is -0.137. The van der Waals surface area contributed by atoms with Gasteiger partial charge < -0.3 is 5.32 Å². The number of alkyl halides is 4. The van der Waals surface area contributed by atoms with Crippen molar-refractivity contribution in [1.29, 1.82) is 0 Å². The predicted octanol–water partition coefficient (Wildman–Crippen LogP) is 3.68. The van der Waals surface area contributed by atoms with Crippen LogP contribution in [0.15, 0.2) is 24.3 Å². The molecule has 1 aliphatic rings. The van der Waals surface area contributed by atoms with Crippen LogP contribution in [-0.4, -0.2) is 16.8 Å². The maximum absolute atomic E-state index is 12.4. The lowest BCUT2D eigenvalue weighted by Gasteiger charge is -2.34. The molecule has 1 aliphatic carbocycles. The van der Waals surface area contributed by atoms with Crippen molar-refractivity contribution >= 4 is 21.8 Å². The normalized spacial score (nSPS) is 17.4. The SMILES string of the molecule is O=C(NCCc1ccc(C(F)(F)F)cc1)C1(Br)CCC1. The summed E-state index contributed by atoms with van der Waals surface area (Å²) >= 11 is 3.41. The predicted molar refractivity (Wildman–Crippen MR) is 73.7 cm³/mol. The van der Waals surface area contributed by atoms with Crippen LogP contribution in [0.1, 0.15) is 30.4 Å². The van der Waals surface area contributed by atoms with Crippen LogP contribution in [0.25, 0.3) is 0 Å². The monoisotopic (exact) mass is 349 g/mol. The highest BCUT2D eigenvalue weighted by Crippen LogP contribution is 2.40. The Bertz CT molecular complexity index is 480. The Kier molecular flexibility index (Phi) is 4.42. The number of rotatable bonds is 4. The molecule has 0 bridgehead atoms. The van der Waals surface area contributed by atoms with Gasteiger partial charge >= 0.3 is 6.18 Å². The van der Waals surface area contributed by atoms with E-state index in [4.69, 9.17) is 0 Å².